The number of ether oxygens (including phenoxy) is 3. The minimum Gasteiger partial charge on any atom is -0.474 e. The van der Waals surface area contributed by atoms with Gasteiger partial charge in [-0.25, -0.2) is 19.7 Å². The number of hydrogen-bond acceptors (Lipinski definition) is 9. The second kappa shape index (κ2) is 10.1. The van der Waals surface area contributed by atoms with Crippen LogP contribution in [0.25, 0.3) is 0 Å². The van der Waals surface area contributed by atoms with Gasteiger partial charge < -0.3 is 24.4 Å². The Labute approximate surface area is 221 Å². The molecule has 0 aromatic carbocycles. The number of hydrogen-bond donors (Lipinski definition) is 2. The number of nitrogens with one attached hydrogen (secondary N) is 2. The molecule has 0 saturated carbocycles. The van der Waals surface area contributed by atoms with Crippen molar-refractivity contribution in [3.63, 3.8) is 0 Å². The minimum absolute atomic E-state index is 0.156. The first-order valence-electron chi connectivity index (χ1n) is 12.4. The molecule has 5 rings (SSSR count). The van der Waals surface area contributed by atoms with Crippen molar-refractivity contribution in [2.75, 3.05) is 41.4 Å². The summed E-state index contributed by atoms with van der Waals surface area (Å²) in [7, 11) is 0. The second-order valence-electron chi connectivity index (χ2n) is 9.97. The molecule has 3 aliphatic heterocycles. The molecule has 0 unspecified atom stereocenters. The number of carbonyl (C=O) groups excluding carboxylic acids is 2. The van der Waals surface area contributed by atoms with E-state index in [-0.39, 0.29) is 42.0 Å². The van der Waals surface area contributed by atoms with Crippen LogP contribution in [-0.2, 0) is 9.47 Å². The second-order valence-corrected chi connectivity index (χ2v) is 9.97. The van der Waals surface area contributed by atoms with E-state index in [1.165, 1.54) is 23.4 Å². The number of urea groups is 1. The van der Waals surface area contributed by atoms with E-state index < -0.39 is 29.9 Å². The molecular weight excluding hydrogens is 523 g/mol. The maximum Gasteiger partial charge on any atom is 0.408 e. The lowest BCUT2D eigenvalue weighted by Crippen LogP contribution is -2.49. The van der Waals surface area contributed by atoms with Gasteiger partial charge in [0.2, 0.25) is 5.88 Å². The number of aromatic nitrogens is 3. The highest BCUT2D eigenvalue weighted by Crippen LogP contribution is 2.39. The van der Waals surface area contributed by atoms with Crippen LogP contribution in [0.4, 0.5) is 35.3 Å². The predicted molar refractivity (Wildman–Crippen MR) is 132 cm³/mol. The molecule has 3 atom stereocenters. The van der Waals surface area contributed by atoms with Gasteiger partial charge in [0.1, 0.15) is 24.4 Å². The number of fused-ring (bicyclic) bond motifs is 4. The minimum atomic E-state index is -4.60. The monoisotopic (exact) mass is 551 g/mol. The Morgan fingerprint density at radius 2 is 2.05 bits per heavy atom. The summed E-state index contributed by atoms with van der Waals surface area (Å²) >= 11 is 0. The van der Waals surface area contributed by atoms with Crippen LogP contribution in [0.3, 0.4) is 0 Å². The molecule has 3 aliphatic rings. The van der Waals surface area contributed by atoms with Crippen molar-refractivity contribution in [3.8, 4) is 5.88 Å². The number of nitrogens with zero attached hydrogens (tertiary/aromatic N) is 5. The zero-order chi connectivity index (χ0) is 27.9. The van der Waals surface area contributed by atoms with Crippen LogP contribution < -0.4 is 25.2 Å². The molecule has 15 heteroatoms. The standard InChI is InChI=1S/C24H28F3N7O5/c1-13(24(25,26)27)30-21(35)16-4-5-17-20(31-16)34(14-6-7-33(17)10-14)22(36)32-18-8-29-19(9-28-18)37-11-15-12-38-23(2,3)39-15/h4-5,8-9,13-15H,6-7,10-12H2,1-3H3,(H,30,35)(H,28,32,36)/t13-,14+,15+/m1/s1. The molecule has 39 heavy (non-hydrogen) atoms. The van der Waals surface area contributed by atoms with Gasteiger partial charge in [-0.15, -0.1) is 0 Å². The van der Waals surface area contributed by atoms with Gasteiger partial charge in [-0.05, 0) is 39.3 Å². The predicted octanol–water partition coefficient (Wildman–Crippen LogP) is 2.71. The Kier molecular flexibility index (Phi) is 6.97. The smallest absolute Gasteiger partial charge is 0.408 e. The van der Waals surface area contributed by atoms with Crippen molar-refractivity contribution < 1.29 is 37.0 Å². The van der Waals surface area contributed by atoms with Crippen LogP contribution in [0.1, 0.15) is 37.7 Å². The molecule has 2 aromatic rings. The van der Waals surface area contributed by atoms with E-state index in [2.05, 4.69) is 20.3 Å². The first-order valence-corrected chi connectivity index (χ1v) is 12.4. The van der Waals surface area contributed by atoms with E-state index in [0.717, 1.165) is 6.92 Å². The Morgan fingerprint density at radius 3 is 2.72 bits per heavy atom. The van der Waals surface area contributed by atoms with Crippen LogP contribution in [-0.4, -0.2) is 83.3 Å². The van der Waals surface area contributed by atoms with E-state index in [1.807, 2.05) is 24.1 Å². The summed E-state index contributed by atoms with van der Waals surface area (Å²) in [5.74, 6) is -1.08. The fourth-order valence-electron chi connectivity index (χ4n) is 4.60. The summed E-state index contributed by atoms with van der Waals surface area (Å²) in [5, 5.41) is 4.57. The van der Waals surface area contributed by atoms with Gasteiger partial charge in [0.25, 0.3) is 5.91 Å². The molecule has 2 N–H and O–H groups in total. The lowest BCUT2D eigenvalue weighted by Gasteiger charge is -2.35. The third-order valence-corrected chi connectivity index (χ3v) is 6.59. The maximum absolute atomic E-state index is 13.3. The average Bonchev–Trinajstić information content (AvgIpc) is 3.45. The Bertz CT molecular complexity index is 1240. The third-order valence-electron chi connectivity index (χ3n) is 6.59. The van der Waals surface area contributed by atoms with Gasteiger partial charge in [0.05, 0.1) is 30.7 Å². The van der Waals surface area contributed by atoms with Crippen molar-refractivity contribution in [3.05, 3.63) is 30.2 Å². The van der Waals surface area contributed by atoms with E-state index in [4.69, 9.17) is 14.2 Å². The summed E-state index contributed by atoms with van der Waals surface area (Å²) in [6, 6.07) is 0.0753. The van der Waals surface area contributed by atoms with Crippen molar-refractivity contribution in [2.24, 2.45) is 0 Å². The fourth-order valence-corrected chi connectivity index (χ4v) is 4.60. The van der Waals surface area contributed by atoms with Crippen molar-refractivity contribution >= 4 is 29.3 Å². The number of pyridine rings is 1. The van der Waals surface area contributed by atoms with E-state index in [9.17, 15) is 22.8 Å². The molecule has 2 saturated heterocycles. The summed E-state index contributed by atoms with van der Waals surface area (Å²) in [6.45, 7) is 6.30. The molecule has 2 aromatic heterocycles. The Hall–Kier alpha value is -3.72. The zero-order valence-electron chi connectivity index (χ0n) is 21.5. The number of alkyl halides is 3. The normalized spacial score (nSPS) is 22.3. The highest BCUT2D eigenvalue weighted by molar-refractivity contribution is 6.05. The molecular formula is C24H28F3N7O5. The van der Waals surface area contributed by atoms with Gasteiger partial charge >= 0.3 is 12.2 Å². The highest BCUT2D eigenvalue weighted by Gasteiger charge is 2.41. The molecule has 5 heterocycles. The van der Waals surface area contributed by atoms with Crippen LogP contribution >= 0.6 is 0 Å². The van der Waals surface area contributed by atoms with Gasteiger partial charge in [-0.1, -0.05) is 0 Å². The van der Waals surface area contributed by atoms with E-state index in [1.54, 1.807) is 6.07 Å². The van der Waals surface area contributed by atoms with Crippen LogP contribution in [0.15, 0.2) is 24.5 Å². The molecule has 0 aliphatic carbocycles. The quantitative estimate of drug-likeness (QED) is 0.556. The highest BCUT2D eigenvalue weighted by atomic mass is 19.4. The third kappa shape index (κ3) is 5.83. The van der Waals surface area contributed by atoms with Crippen LogP contribution in [0, 0.1) is 0 Å². The van der Waals surface area contributed by atoms with Crippen LogP contribution in [0.5, 0.6) is 5.88 Å². The van der Waals surface area contributed by atoms with Gasteiger partial charge in [0, 0.05) is 13.1 Å². The maximum atomic E-state index is 13.3. The zero-order valence-corrected chi connectivity index (χ0v) is 21.5. The molecule has 2 bridgehead atoms. The fraction of sp³-hybridized carbons (Fsp3) is 0.542. The van der Waals surface area contributed by atoms with Gasteiger partial charge in [0.15, 0.2) is 17.4 Å². The van der Waals surface area contributed by atoms with Crippen LogP contribution in [0.2, 0.25) is 0 Å². The summed E-state index contributed by atoms with van der Waals surface area (Å²) < 4.78 is 55.5. The first-order chi connectivity index (χ1) is 18.4. The van der Waals surface area contributed by atoms with Crippen molar-refractivity contribution in [1.29, 1.82) is 0 Å². The SMILES string of the molecule is C[C@@H](NC(=O)c1ccc2c(n1)N(C(=O)Nc1cnc(OC[C@H]3COC(C)(C)O3)cn1)[C@H]1CCN2C1)C(F)(F)F. The summed E-state index contributed by atoms with van der Waals surface area (Å²) in [5.41, 5.74) is 0.377. The van der Waals surface area contributed by atoms with Crippen molar-refractivity contribution in [2.45, 2.75) is 57.3 Å². The summed E-state index contributed by atoms with van der Waals surface area (Å²) in [6.07, 6.45) is -1.50. The Balaban J connectivity index is 1.27. The number of amides is 3. The number of anilines is 3. The average molecular weight is 552 g/mol. The Morgan fingerprint density at radius 1 is 1.26 bits per heavy atom. The number of carbonyl (C=O) groups is 2. The molecule has 0 spiro atoms. The number of halogens is 3. The number of rotatable bonds is 6. The van der Waals surface area contributed by atoms with E-state index in [0.29, 0.717) is 31.8 Å². The van der Waals surface area contributed by atoms with Crippen molar-refractivity contribution in [1.82, 2.24) is 20.3 Å². The lowest BCUT2D eigenvalue weighted by molar-refractivity contribution is -0.149. The summed E-state index contributed by atoms with van der Waals surface area (Å²) in [4.78, 5) is 41.9. The molecule has 2 fully saturated rings. The molecule has 12 nitrogen and oxygen atoms in total. The van der Waals surface area contributed by atoms with E-state index >= 15 is 0 Å². The largest absolute Gasteiger partial charge is 0.474 e. The van der Waals surface area contributed by atoms with Gasteiger partial charge in [-0.3, -0.25) is 15.0 Å². The topological polar surface area (TPSA) is 131 Å². The molecule has 3 amide bonds. The molecule has 0 radical (unpaired) electrons. The first kappa shape index (κ1) is 26.9. The lowest BCUT2D eigenvalue weighted by atomic mass is 10.1. The molecule has 210 valence electrons. The van der Waals surface area contributed by atoms with Gasteiger partial charge in [-0.2, -0.15) is 13.2 Å².